The van der Waals surface area contributed by atoms with Crippen LogP contribution < -0.4 is 14.9 Å². The van der Waals surface area contributed by atoms with Gasteiger partial charge in [-0.15, -0.1) is 0 Å². The van der Waals surface area contributed by atoms with Crippen molar-refractivity contribution in [1.29, 1.82) is 0 Å². The Labute approximate surface area is 206 Å². The molecule has 1 aromatic heterocycles. The zero-order chi connectivity index (χ0) is 25.8. The van der Waals surface area contributed by atoms with Gasteiger partial charge in [-0.25, -0.2) is 4.79 Å². The number of benzene rings is 1. The Hall–Kier alpha value is -3.29. The van der Waals surface area contributed by atoms with E-state index in [1.807, 2.05) is 12.1 Å². The van der Waals surface area contributed by atoms with Gasteiger partial charge in [0.25, 0.3) is 0 Å². The molecule has 0 aliphatic carbocycles. The van der Waals surface area contributed by atoms with Crippen molar-refractivity contribution in [3.63, 3.8) is 0 Å². The highest BCUT2D eigenvalue weighted by Gasteiger charge is 2.22. The maximum Gasteiger partial charge on any atom is 0.341 e. The lowest BCUT2D eigenvalue weighted by molar-refractivity contribution is -0.137. The molecule has 0 saturated heterocycles. The Morgan fingerprint density at radius 2 is 1.63 bits per heavy atom. The average Bonchev–Trinajstić information content (AvgIpc) is 2.82. The van der Waals surface area contributed by atoms with Crippen molar-refractivity contribution in [3.05, 3.63) is 45.7 Å². The average molecular weight is 488 g/mol. The smallest absolute Gasteiger partial charge is 0.341 e. The molecule has 0 saturated carbocycles. The molecule has 0 atom stereocenters. The molecular formula is C27H37NO7. The van der Waals surface area contributed by atoms with Crippen molar-refractivity contribution >= 4 is 11.9 Å². The van der Waals surface area contributed by atoms with Gasteiger partial charge in [-0.1, -0.05) is 46.0 Å². The van der Waals surface area contributed by atoms with E-state index in [1.165, 1.54) is 18.7 Å². The minimum Gasteiger partial charge on any atom is -0.493 e. The van der Waals surface area contributed by atoms with E-state index in [4.69, 9.17) is 14.6 Å². The van der Waals surface area contributed by atoms with Crippen LogP contribution in [-0.4, -0.2) is 40.4 Å². The molecule has 35 heavy (non-hydrogen) atoms. The predicted molar refractivity (Wildman–Crippen MR) is 135 cm³/mol. The second-order valence-corrected chi connectivity index (χ2v) is 8.67. The molecule has 0 bridgehead atoms. The Morgan fingerprint density at radius 1 is 0.971 bits per heavy atom. The fourth-order valence-corrected chi connectivity index (χ4v) is 3.98. The van der Waals surface area contributed by atoms with Gasteiger partial charge in [-0.3, -0.25) is 9.59 Å². The topological polar surface area (TPSA) is 115 Å². The molecule has 8 heteroatoms. The van der Waals surface area contributed by atoms with Gasteiger partial charge in [0.15, 0.2) is 16.9 Å². The van der Waals surface area contributed by atoms with E-state index in [0.717, 1.165) is 49.7 Å². The number of ether oxygens (including phenoxy) is 2. The van der Waals surface area contributed by atoms with Crippen LogP contribution in [-0.2, 0) is 17.8 Å². The number of pyridine rings is 1. The quantitative estimate of drug-likeness (QED) is 0.386. The first kappa shape index (κ1) is 28.0. The molecule has 2 N–H and O–H groups in total. The maximum absolute atomic E-state index is 12.2. The van der Waals surface area contributed by atoms with Crippen molar-refractivity contribution in [3.8, 4) is 22.8 Å². The zero-order valence-corrected chi connectivity index (χ0v) is 21.0. The zero-order valence-electron chi connectivity index (χ0n) is 21.0. The molecule has 1 aromatic carbocycles. The maximum atomic E-state index is 12.2. The van der Waals surface area contributed by atoms with Crippen LogP contribution in [0.3, 0.4) is 0 Å². The number of nitrogens with zero attached hydrogens (tertiary/aromatic N) is 1. The Balaban J connectivity index is 0.00000137. The Morgan fingerprint density at radius 3 is 2.26 bits per heavy atom. The van der Waals surface area contributed by atoms with Gasteiger partial charge in [0.2, 0.25) is 0 Å². The van der Waals surface area contributed by atoms with E-state index in [-0.39, 0.29) is 12.0 Å². The molecule has 8 nitrogen and oxygen atoms in total. The van der Waals surface area contributed by atoms with Crippen molar-refractivity contribution in [1.82, 2.24) is 4.57 Å². The highest BCUT2D eigenvalue weighted by molar-refractivity contribution is 5.87. The third-order valence-electron chi connectivity index (χ3n) is 5.69. The third kappa shape index (κ3) is 8.16. The number of hydrogen-bond acceptors (Lipinski definition) is 5. The predicted octanol–water partition coefficient (Wildman–Crippen LogP) is 5.39. The number of aromatic nitrogens is 1. The Bertz CT molecular complexity index is 1060. The van der Waals surface area contributed by atoms with Gasteiger partial charge >= 0.3 is 11.9 Å². The monoisotopic (exact) mass is 487 g/mol. The summed E-state index contributed by atoms with van der Waals surface area (Å²) in [6.45, 7) is 5.39. The molecule has 0 spiro atoms. The molecule has 0 unspecified atom stereocenters. The van der Waals surface area contributed by atoms with Crippen molar-refractivity contribution in [2.24, 2.45) is 0 Å². The van der Waals surface area contributed by atoms with Gasteiger partial charge in [-0.05, 0) is 37.0 Å². The van der Waals surface area contributed by atoms with Crippen molar-refractivity contribution in [2.45, 2.75) is 78.2 Å². The van der Waals surface area contributed by atoms with E-state index >= 15 is 0 Å². The number of unbranched alkanes of at least 4 members (excludes halogenated alkanes) is 5. The number of carboxylic acids is 2. The number of aromatic carboxylic acids is 1. The first-order chi connectivity index (χ1) is 16.8. The molecule has 0 amide bonds. The lowest BCUT2D eigenvalue weighted by Crippen LogP contribution is -2.22. The number of fused-ring (bicyclic) bond motifs is 3. The van der Waals surface area contributed by atoms with Gasteiger partial charge in [0.1, 0.15) is 5.56 Å². The summed E-state index contributed by atoms with van der Waals surface area (Å²) in [6.07, 6.45) is 9.24. The molecule has 1 aliphatic heterocycles. The van der Waals surface area contributed by atoms with Crippen molar-refractivity contribution < 1.29 is 29.3 Å². The number of carboxylic acid groups (broad SMARTS) is 2. The largest absolute Gasteiger partial charge is 0.493 e. The van der Waals surface area contributed by atoms with Gasteiger partial charge in [-0.2, -0.15) is 0 Å². The van der Waals surface area contributed by atoms with E-state index in [0.29, 0.717) is 36.8 Å². The number of aliphatic carboxylic acids is 1. The summed E-state index contributed by atoms with van der Waals surface area (Å²) in [7, 11) is 1.56. The summed E-state index contributed by atoms with van der Waals surface area (Å²) in [5.41, 5.74) is 1.80. The van der Waals surface area contributed by atoms with Crippen LogP contribution in [0, 0.1) is 0 Å². The highest BCUT2D eigenvalue weighted by Crippen LogP contribution is 2.38. The standard InChI is InChI=1S/C24H29NO7.C3H8/c1-31-21-13-17-16(9-10-25-15-18(24(29)30)20(26)14-19(17)25)12-22(21)32-11-7-5-3-2-4-6-8-23(27)28;1-3-2/h12-15H,2-11H2,1H3,(H,27,28)(H,29,30);3H2,1-2H3. The van der Waals surface area contributed by atoms with E-state index in [2.05, 4.69) is 13.8 Å². The summed E-state index contributed by atoms with van der Waals surface area (Å²) in [6, 6.07) is 5.16. The lowest BCUT2D eigenvalue weighted by Gasteiger charge is -2.24. The van der Waals surface area contributed by atoms with Crippen molar-refractivity contribution in [2.75, 3.05) is 13.7 Å². The molecular weight excluding hydrogens is 450 g/mol. The first-order valence-corrected chi connectivity index (χ1v) is 12.4. The molecule has 3 rings (SSSR count). The normalized spacial score (nSPS) is 11.5. The molecule has 0 radical (unpaired) electrons. The molecule has 1 aliphatic rings. The summed E-state index contributed by atoms with van der Waals surface area (Å²) < 4.78 is 13.3. The van der Waals surface area contributed by atoms with Crippen LogP contribution in [0.25, 0.3) is 11.3 Å². The fraction of sp³-hybridized carbons (Fsp3) is 0.519. The highest BCUT2D eigenvalue weighted by atomic mass is 16.5. The SMILES string of the molecule is CCC.COc1cc2c(cc1OCCCCCCCCC(=O)O)CCn1cc(C(=O)O)c(=O)cc1-2. The second kappa shape index (κ2) is 14.2. The molecule has 2 heterocycles. The van der Waals surface area contributed by atoms with Crippen LogP contribution in [0.5, 0.6) is 11.5 Å². The first-order valence-electron chi connectivity index (χ1n) is 12.4. The summed E-state index contributed by atoms with van der Waals surface area (Å²) >= 11 is 0. The number of hydrogen-bond donors (Lipinski definition) is 2. The van der Waals surface area contributed by atoms with E-state index in [9.17, 15) is 19.5 Å². The van der Waals surface area contributed by atoms with Gasteiger partial charge < -0.3 is 24.3 Å². The van der Waals surface area contributed by atoms with Crippen LogP contribution in [0.15, 0.2) is 29.2 Å². The number of methoxy groups -OCH3 is 1. The van der Waals surface area contributed by atoms with Crippen LogP contribution in [0.2, 0.25) is 0 Å². The molecule has 2 aromatic rings. The van der Waals surface area contributed by atoms with E-state index in [1.54, 1.807) is 11.7 Å². The van der Waals surface area contributed by atoms with Gasteiger partial charge in [0, 0.05) is 30.8 Å². The van der Waals surface area contributed by atoms with Crippen LogP contribution in [0.1, 0.15) is 81.1 Å². The van der Waals surface area contributed by atoms with Gasteiger partial charge in [0.05, 0.1) is 19.4 Å². The van der Waals surface area contributed by atoms with Crippen LogP contribution in [0.4, 0.5) is 0 Å². The second-order valence-electron chi connectivity index (χ2n) is 8.67. The number of aryl methyl sites for hydroxylation is 2. The Kier molecular flexibility index (Phi) is 11.3. The number of rotatable bonds is 12. The summed E-state index contributed by atoms with van der Waals surface area (Å²) in [4.78, 5) is 34.0. The third-order valence-corrected chi connectivity index (χ3v) is 5.69. The van der Waals surface area contributed by atoms with Crippen LogP contribution >= 0.6 is 0 Å². The lowest BCUT2D eigenvalue weighted by atomic mass is 9.96. The van der Waals surface area contributed by atoms with E-state index < -0.39 is 17.4 Å². The molecule has 0 fully saturated rings. The fourth-order valence-electron chi connectivity index (χ4n) is 3.98. The minimum absolute atomic E-state index is 0.231. The molecule has 192 valence electrons. The minimum atomic E-state index is -1.22. The summed E-state index contributed by atoms with van der Waals surface area (Å²) in [5.74, 6) is -0.734. The summed E-state index contributed by atoms with van der Waals surface area (Å²) in [5, 5.41) is 17.8. The number of carbonyl (C=O) groups is 2.